The molecule has 0 unspecified atom stereocenters. The number of anilines is 1. The Morgan fingerprint density at radius 1 is 1.67 bits per heavy atom. The number of rotatable bonds is 6. The summed E-state index contributed by atoms with van der Waals surface area (Å²) in [6.07, 6.45) is 0.434. The fourth-order valence-corrected chi connectivity index (χ4v) is 2.94. The van der Waals surface area contributed by atoms with Crippen LogP contribution in [0.15, 0.2) is 11.4 Å². The van der Waals surface area contributed by atoms with E-state index in [1.807, 2.05) is 19.9 Å². The molecule has 6 heteroatoms. The molecule has 0 aliphatic rings. The van der Waals surface area contributed by atoms with Crippen LogP contribution in [0.3, 0.4) is 0 Å². The Kier molecular flexibility index (Phi) is 5.66. The van der Waals surface area contributed by atoms with E-state index in [-0.39, 0.29) is 11.4 Å². The number of carbonyl (C=O) groups excluding carboxylic acids is 1. The predicted octanol–water partition coefficient (Wildman–Crippen LogP) is 2.42. The van der Waals surface area contributed by atoms with Crippen molar-refractivity contribution in [1.29, 1.82) is 5.26 Å². The van der Waals surface area contributed by atoms with Gasteiger partial charge in [-0.1, -0.05) is 0 Å². The number of nitriles is 1. The standard InChI is InChI=1S/C12H17N3OS2/c1-12(2,14)8-17-5-4-10(16)15-11-9(7-13)3-6-18-11/h3,6H,4-5,8,14H2,1-2H3,(H,15,16). The van der Waals surface area contributed by atoms with Gasteiger partial charge in [-0.2, -0.15) is 17.0 Å². The zero-order chi connectivity index (χ0) is 13.6. The van der Waals surface area contributed by atoms with E-state index in [4.69, 9.17) is 11.0 Å². The second-order valence-corrected chi connectivity index (χ2v) is 6.64. The molecular formula is C12H17N3OS2. The molecule has 3 N–H and O–H groups in total. The number of nitrogens with zero attached hydrogens (tertiary/aromatic N) is 1. The van der Waals surface area contributed by atoms with E-state index in [1.54, 1.807) is 23.2 Å². The van der Waals surface area contributed by atoms with Crippen molar-refractivity contribution >= 4 is 34.0 Å². The second kappa shape index (κ2) is 6.78. The van der Waals surface area contributed by atoms with Crippen LogP contribution in [0, 0.1) is 11.3 Å². The minimum atomic E-state index is -0.205. The van der Waals surface area contributed by atoms with Crippen LogP contribution in [-0.2, 0) is 4.79 Å². The molecule has 98 valence electrons. The van der Waals surface area contributed by atoms with E-state index in [0.29, 0.717) is 17.0 Å². The third-order valence-electron chi connectivity index (χ3n) is 1.99. The molecule has 0 saturated carbocycles. The smallest absolute Gasteiger partial charge is 0.225 e. The average molecular weight is 283 g/mol. The molecule has 0 atom stereocenters. The monoisotopic (exact) mass is 283 g/mol. The molecule has 1 rings (SSSR count). The number of hydrogen-bond donors (Lipinski definition) is 2. The summed E-state index contributed by atoms with van der Waals surface area (Å²) in [6, 6.07) is 3.74. The predicted molar refractivity (Wildman–Crippen MR) is 77.9 cm³/mol. The summed E-state index contributed by atoms with van der Waals surface area (Å²) < 4.78 is 0. The van der Waals surface area contributed by atoms with Gasteiger partial charge in [0, 0.05) is 23.5 Å². The van der Waals surface area contributed by atoms with Crippen LogP contribution >= 0.6 is 23.1 Å². The molecule has 0 saturated heterocycles. The fraction of sp³-hybridized carbons (Fsp3) is 0.500. The van der Waals surface area contributed by atoms with Gasteiger partial charge < -0.3 is 11.1 Å². The lowest BCUT2D eigenvalue weighted by molar-refractivity contribution is -0.115. The van der Waals surface area contributed by atoms with Crippen LogP contribution in [0.25, 0.3) is 0 Å². The summed E-state index contributed by atoms with van der Waals surface area (Å²) in [5.74, 6) is 1.50. The van der Waals surface area contributed by atoms with Crippen molar-refractivity contribution in [3.63, 3.8) is 0 Å². The van der Waals surface area contributed by atoms with Crippen molar-refractivity contribution in [1.82, 2.24) is 0 Å². The third kappa shape index (κ3) is 5.54. The summed E-state index contributed by atoms with van der Waals surface area (Å²) in [6.45, 7) is 3.93. The lowest BCUT2D eigenvalue weighted by Gasteiger charge is -2.17. The molecule has 1 heterocycles. The minimum Gasteiger partial charge on any atom is -0.325 e. The lowest BCUT2D eigenvalue weighted by atomic mass is 10.1. The molecule has 0 fully saturated rings. The maximum Gasteiger partial charge on any atom is 0.225 e. The van der Waals surface area contributed by atoms with Crippen LogP contribution in [0.4, 0.5) is 5.00 Å². The number of nitrogens with one attached hydrogen (secondary N) is 1. The molecular weight excluding hydrogens is 266 g/mol. The molecule has 0 aromatic carbocycles. The summed E-state index contributed by atoms with van der Waals surface area (Å²) in [7, 11) is 0. The molecule has 1 amide bonds. The topological polar surface area (TPSA) is 78.9 Å². The normalized spacial score (nSPS) is 11.0. The van der Waals surface area contributed by atoms with Gasteiger partial charge in [-0.15, -0.1) is 11.3 Å². The molecule has 1 aromatic rings. The van der Waals surface area contributed by atoms with Gasteiger partial charge in [0.25, 0.3) is 0 Å². The van der Waals surface area contributed by atoms with Gasteiger partial charge in [0.1, 0.15) is 11.1 Å². The van der Waals surface area contributed by atoms with Crippen molar-refractivity contribution in [3.05, 3.63) is 17.0 Å². The Labute approximate surface area is 116 Å². The maximum absolute atomic E-state index is 11.6. The first-order chi connectivity index (χ1) is 8.42. The molecule has 0 radical (unpaired) electrons. The first-order valence-electron chi connectivity index (χ1n) is 5.56. The van der Waals surface area contributed by atoms with Gasteiger partial charge >= 0.3 is 0 Å². The molecule has 4 nitrogen and oxygen atoms in total. The van der Waals surface area contributed by atoms with Crippen molar-refractivity contribution in [2.75, 3.05) is 16.8 Å². The summed E-state index contributed by atoms with van der Waals surface area (Å²) >= 11 is 3.03. The lowest BCUT2D eigenvalue weighted by Crippen LogP contribution is -2.34. The van der Waals surface area contributed by atoms with Crippen molar-refractivity contribution < 1.29 is 4.79 Å². The number of carbonyl (C=O) groups is 1. The fourth-order valence-electron chi connectivity index (χ4n) is 1.18. The van der Waals surface area contributed by atoms with E-state index in [1.165, 1.54) is 11.3 Å². The molecule has 1 aromatic heterocycles. The SMILES string of the molecule is CC(C)(N)CSCCC(=O)Nc1sccc1C#N. The van der Waals surface area contributed by atoms with E-state index in [9.17, 15) is 4.79 Å². The van der Waals surface area contributed by atoms with Gasteiger partial charge in [0.2, 0.25) is 5.91 Å². The Hall–Kier alpha value is -1.03. The van der Waals surface area contributed by atoms with Crippen LogP contribution in [0.5, 0.6) is 0 Å². The van der Waals surface area contributed by atoms with E-state index >= 15 is 0 Å². The van der Waals surface area contributed by atoms with Crippen LogP contribution < -0.4 is 11.1 Å². The Bertz CT molecular complexity index is 443. The molecule has 0 bridgehead atoms. The highest BCUT2D eigenvalue weighted by molar-refractivity contribution is 7.99. The first-order valence-corrected chi connectivity index (χ1v) is 7.60. The zero-order valence-corrected chi connectivity index (χ0v) is 12.2. The van der Waals surface area contributed by atoms with E-state index < -0.39 is 0 Å². The number of thiophene rings is 1. The minimum absolute atomic E-state index is 0.0590. The van der Waals surface area contributed by atoms with Gasteiger partial charge in [-0.3, -0.25) is 4.79 Å². The maximum atomic E-state index is 11.6. The molecule has 0 spiro atoms. The second-order valence-electron chi connectivity index (χ2n) is 4.61. The van der Waals surface area contributed by atoms with Crippen LogP contribution in [0.2, 0.25) is 0 Å². The van der Waals surface area contributed by atoms with E-state index in [0.717, 1.165) is 11.5 Å². The van der Waals surface area contributed by atoms with Gasteiger partial charge in [0.15, 0.2) is 0 Å². The van der Waals surface area contributed by atoms with Gasteiger partial charge in [0.05, 0.1) is 5.56 Å². The van der Waals surface area contributed by atoms with Crippen LogP contribution in [0.1, 0.15) is 25.8 Å². The largest absolute Gasteiger partial charge is 0.325 e. The summed E-state index contributed by atoms with van der Waals surface area (Å²) in [5, 5.41) is 14.0. The number of hydrogen-bond acceptors (Lipinski definition) is 5. The highest BCUT2D eigenvalue weighted by atomic mass is 32.2. The number of nitrogens with two attached hydrogens (primary N) is 1. The summed E-state index contributed by atoms with van der Waals surface area (Å²) in [5.41, 5.74) is 6.16. The highest BCUT2D eigenvalue weighted by Crippen LogP contribution is 2.22. The number of amides is 1. The number of thioether (sulfide) groups is 1. The van der Waals surface area contributed by atoms with Crippen LogP contribution in [-0.4, -0.2) is 23.0 Å². The Morgan fingerprint density at radius 2 is 2.39 bits per heavy atom. The first kappa shape index (κ1) is 15.0. The Balaban J connectivity index is 2.29. The molecule has 0 aliphatic carbocycles. The quantitative estimate of drug-likeness (QED) is 0.786. The molecule has 0 aliphatic heterocycles. The zero-order valence-electron chi connectivity index (χ0n) is 10.5. The van der Waals surface area contributed by atoms with Crippen molar-refractivity contribution in [2.45, 2.75) is 25.8 Å². The third-order valence-corrected chi connectivity index (χ3v) is 4.26. The van der Waals surface area contributed by atoms with Crippen molar-refractivity contribution in [2.24, 2.45) is 5.73 Å². The summed E-state index contributed by atoms with van der Waals surface area (Å²) in [4.78, 5) is 11.6. The van der Waals surface area contributed by atoms with E-state index in [2.05, 4.69) is 5.32 Å². The van der Waals surface area contributed by atoms with Gasteiger partial charge in [-0.05, 0) is 25.3 Å². The highest BCUT2D eigenvalue weighted by Gasteiger charge is 2.11. The average Bonchev–Trinajstić information content (AvgIpc) is 2.70. The Morgan fingerprint density at radius 3 is 3.00 bits per heavy atom. The van der Waals surface area contributed by atoms with Crippen molar-refractivity contribution in [3.8, 4) is 6.07 Å². The molecule has 18 heavy (non-hydrogen) atoms. The van der Waals surface area contributed by atoms with Gasteiger partial charge in [-0.25, -0.2) is 0 Å².